The molecule has 0 heterocycles. The molecule has 1 rings (SSSR count). The van der Waals surface area contributed by atoms with E-state index in [2.05, 4.69) is 23.3 Å². The van der Waals surface area contributed by atoms with Crippen LogP contribution in [-0.4, -0.2) is 58.4 Å². The van der Waals surface area contributed by atoms with Gasteiger partial charge < -0.3 is 25.4 Å². The predicted molar refractivity (Wildman–Crippen MR) is 100 cm³/mol. The first-order valence-electron chi connectivity index (χ1n) is 8.12. The lowest BCUT2D eigenvalue weighted by atomic mass is 10.2. The molecule has 148 valence electrons. The van der Waals surface area contributed by atoms with Gasteiger partial charge in [-0.15, -0.1) is 0 Å². The van der Waals surface area contributed by atoms with Crippen molar-refractivity contribution < 1.29 is 29.0 Å². The van der Waals surface area contributed by atoms with Gasteiger partial charge in [0.25, 0.3) is 0 Å². The van der Waals surface area contributed by atoms with E-state index >= 15 is 0 Å². The quantitative estimate of drug-likeness (QED) is 0.357. The zero-order valence-electron chi connectivity index (χ0n) is 15.0. The Labute approximate surface area is 162 Å². The Morgan fingerprint density at radius 3 is 2.37 bits per heavy atom. The van der Waals surface area contributed by atoms with Crippen LogP contribution < -0.4 is 10.6 Å². The number of carbonyl (C=O) groups excluding carboxylic acids is 3. The molecule has 1 aromatic carbocycles. The summed E-state index contributed by atoms with van der Waals surface area (Å²) in [7, 11) is 0. The van der Waals surface area contributed by atoms with Crippen LogP contribution in [0.3, 0.4) is 0 Å². The lowest BCUT2D eigenvalue weighted by Crippen LogP contribution is -2.56. The normalized spacial score (nSPS) is 12.4. The van der Waals surface area contributed by atoms with E-state index in [9.17, 15) is 24.3 Å². The van der Waals surface area contributed by atoms with Crippen LogP contribution in [0.15, 0.2) is 30.3 Å². The number of rotatable bonds is 9. The molecule has 0 radical (unpaired) electrons. The van der Waals surface area contributed by atoms with Gasteiger partial charge in [-0.25, -0.2) is 9.59 Å². The fourth-order valence-electron chi connectivity index (χ4n) is 2.10. The maximum absolute atomic E-state index is 12.6. The standard InChI is InChI=1S/C17H23N3O6S/c1-11(19-17(25)26-8-13-6-4-3-5-7-13)15(22)20(10-18-12(2)21)14(9-27)16(23)24/h3-7,11,14,27H,8-10H2,1-2H3,(H,18,21)(H,19,25)(H,23,24)/t11-,14-/m0/s1. The predicted octanol–water partition coefficient (Wildman–Crippen LogP) is 0.606. The summed E-state index contributed by atoms with van der Waals surface area (Å²) < 4.78 is 5.04. The van der Waals surface area contributed by atoms with Gasteiger partial charge in [0.1, 0.15) is 18.7 Å². The Morgan fingerprint density at radius 1 is 1.22 bits per heavy atom. The van der Waals surface area contributed by atoms with Crippen molar-refractivity contribution in [3.05, 3.63) is 35.9 Å². The van der Waals surface area contributed by atoms with Gasteiger partial charge in [0.05, 0.1) is 6.67 Å². The summed E-state index contributed by atoms with van der Waals surface area (Å²) in [5.41, 5.74) is 0.778. The van der Waals surface area contributed by atoms with Crippen LogP contribution in [0.2, 0.25) is 0 Å². The van der Waals surface area contributed by atoms with Crippen LogP contribution in [0.5, 0.6) is 0 Å². The molecule has 0 bridgehead atoms. The van der Waals surface area contributed by atoms with Gasteiger partial charge in [-0.2, -0.15) is 12.6 Å². The highest BCUT2D eigenvalue weighted by atomic mass is 32.1. The topological polar surface area (TPSA) is 125 Å². The van der Waals surface area contributed by atoms with Crippen molar-refractivity contribution >= 4 is 36.5 Å². The molecule has 0 unspecified atom stereocenters. The van der Waals surface area contributed by atoms with Gasteiger partial charge in [-0.1, -0.05) is 30.3 Å². The fraction of sp³-hybridized carbons (Fsp3) is 0.412. The van der Waals surface area contributed by atoms with Crippen LogP contribution in [0, 0.1) is 0 Å². The SMILES string of the molecule is CC(=O)NCN(C(=O)[C@H](C)NC(=O)OCc1ccccc1)[C@@H](CS)C(=O)O. The van der Waals surface area contributed by atoms with E-state index in [-0.39, 0.29) is 19.0 Å². The number of thiol groups is 1. The summed E-state index contributed by atoms with van der Waals surface area (Å²) in [6.45, 7) is 2.33. The number of nitrogens with zero attached hydrogens (tertiary/aromatic N) is 1. The Hall–Kier alpha value is -2.75. The summed E-state index contributed by atoms with van der Waals surface area (Å²) in [6, 6.07) is 6.65. The van der Waals surface area contributed by atoms with E-state index in [1.165, 1.54) is 13.8 Å². The molecule has 0 aromatic heterocycles. The van der Waals surface area contributed by atoms with Gasteiger partial charge in [-0.3, -0.25) is 9.59 Å². The van der Waals surface area contributed by atoms with Crippen molar-refractivity contribution in [1.82, 2.24) is 15.5 Å². The van der Waals surface area contributed by atoms with E-state index in [1.54, 1.807) is 24.3 Å². The summed E-state index contributed by atoms with van der Waals surface area (Å²) in [5, 5.41) is 14.0. The highest BCUT2D eigenvalue weighted by Crippen LogP contribution is 2.06. The van der Waals surface area contributed by atoms with E-state index in [0.717, 1.165) is 10.5 Å². The van der Waals surface area contributed by atoms with Crippen molar-refractivity contribution in [1.29, 1.82) is 0 Å². The van der Waals surface area contributed by atoms with Crippen molar-refractivity contribution in [3.8, 4) is 0 Å². The lowest BCUT2D eigenvalue weighted by molar-refractivity contribution is -0.150. The Balaban J connectivity index is 2.70. The molecular weight excluding hydrogens is 374 g/mol. The van der Waals surface area contributed by atoms with Crippen LogP contribution in [-0.2, 0) is 25.7 Å². The highest BCUT2D eigenvalue weighted by molar-refractivity contribution is 7.80. The second-order valence-electron chi connectivity index (χ2n) is 5.66. The molecule has 0 spiro atoms. The van der Waals surface area contributed by atoms with E-state index in [0.29, 0.717) is 0 Å². The van der Waals surface area contributed by atoms with Gasteiger partial charge in [0.2, 0.25) is 11.8 Å². The fourth-order valence-corrected chi connectivity index (χ4v) is 2.45. The third-order valence-electron chi connectivity index (χ3n) is 3.53. The molecule has 0 fully saturated rings. The zero-order valence-corrected chi connectivity index (χ0v) is 15.9. The van der Waals surface area contributed by atoms with Gasteiger partial charge in [0.15, 0.2) is 0 Å². The molecule has 0 aliphatic rings. The monoisotopic (exact) mass is 397 g/mol. The minimum atomic E-state index is -1.28. The number of carboxylic acid groups (broad SMARTS) is 1. The number of benzene rings is 1. The summed E-state index contributed by atoms with van der Waals surface area (Å²) in [4.78, 5) is 47.9. The summed E-state index contributed by atoms with van der Waals surface area (Å²) in [6.07, 6.45) is -0.822. The number of aliphatic carboxylic acids is 1. The molecule has 10 heteroatoms. The van der Waals surface area contributed by atoms with Crippen LogP contribution in [0.4, 0.5) is 4.79 Å². The van der Waals surface area contributed by atoms with Crippen molar-refractivity contribution in [2.75, 3.05) is 12.4 Å². The second-order valence-corrected chi connectivity index (χ2v) is 6.03. The molecule has 0 aliphatic heterocycles. The minimum Gasteiger partial charge on any atom is -0.480 e. The smallest absolute Gasteiger partial charge is 0.408 e. The molecule has 9 nitrogen and oxygen atoms in total. The number of nitrogens with one attached hydrogen (secondary N) is 2. The highest BCUT2D eigenvalue weighted by Gasteiger charge is 2.32. The Morgan fingerprint density at radius 2 is 1.85 bits per heavy atom. The van der Waals surface area contributed by atoms with Crippen LogP contribution in [0.1, 0.15) is 19.4 Å². The molecule has 2 atom stereocenters. The van der Waals surface area contributed by atoms with E-state index < -0.39 is 36.0 Å². The van der Waals surface area contributed by atoms with Crippen molar-refractivity contribution in [2.24, 2.45) is 0 Å². The van der Waals surface area contributed by atoms with Crippen molar-refractivity contribution in [2.45, 2.75) is 32.5 Å². The number of carboxylic acids is 1. The number of amides is 3. The van der Waals surface area contributed by atoms with E-state index in [4.69, 9.17) is 4.74 Å². The number of ether oxygens (including phenoxy) is 1. The Kier molecular flexibility index (Phi) is 9.14. The van der Waals surface area contributed by atoms with Crippen molar-refractivity contribution in [3.63, 3.8) is 0 Å². The number of alkyl carbamates (subject to hydrolysis) is 1. The number of carbonyl (C=O) groups is 4. The average molecular weight is 397 g/mol. The Bertz CT molecular complexity index is 670. The van der Waals surface area contributed by atoms with E-state index in [1.807, 2.05) is 6.07 Å². The summed E-state index contributed by atoms with van der Waals surface area (Å²) in [5.74, 6) is -2.56. The summed E-state index contributed by atoms with van der Waals surface area (Å²) >= 11 is 3.95. The minimum absolute atomic E-state index is 0.0254. The third-order valence-corrected chi connectivity index (χ3v) is 3.88. The molecule has 0 saturated heterocycles. The second kappa shape index (κ2) is 11.1. The first kappa shape index (κ1) is 22.3. The molecule has 0 aliphatic carbocycles. The maximum Gasteiger partial charge on any atom is 0.408 e. The van der Waals surface area contributed by atoms with Crippen LogP contribution >= 0.6 is 12.6 Å². The molecule has 3 N–H and O–H groups in total. The molecule has 3 amide bonds. The average Bonchev–Trinajstić information content (AvgIpc) is 2.63. The first-order valence-corrected chi connectivity index (χ1v) is 8.75. The third kappa shape index (κ3) is 7.57. The lowest BCUT2D eigenvalue weighted by Gasteiger charge is -2.30. The van der Waals surface area contributed by atoms with Gasteiger partial charge >= 0.3 is 12.1 Å². The largest absolute Gasteiger partial charge is 0.480 e. The molecule has 0 saturated carbocycles. The van der Waals surface area contributed by atoms with Gasteiger partial charge in [0, 0.05) is 12.7 Å². The first-order chi connectivity index (χ1) is 12.8. The molecular formula is C17H23N3O6S. The van der Waals surface area contributed by atoms with Crippen LogP contribution in [0.25, 0.3) is 0 Å². The molecule has 1 aromatic rings. The number of hydrogen-bond acceptors (Lipinski definition) is 6. The maximum atomic E-state index is 12.6. The molecule has 27 heavy (non-hydrogen) atoms. The van der Waals surface area contributed by atoms with Gasteiger partial charge in [-0.05, 0) is 12.5 Å². The number of hydrogen-bond donors (Lipinski definition) is 4. The zero-order chi connectivity index (χ0) is 20.4.